The zero-order valence-electron chi connectivity index (χ0n) is 8.92. The summed E-state index contributed by atoms with van der Waals surface area (Å²) in [7, 11) is -3.38. The van der Waals surface area contributed by atoms with E-state index in [0.717, 1.165) is 0 Å². The quantitative estimate of drug-likeness (QED) is 0.460. The standard InChI is InChI=1S/C10H12ClFINO2S/c11-5-1-2-6-17(15,16)14-10-4-3-8(12)7-9(10)13/h3-4,7,14H,1-2,5-6H2. The lowest BCUT2D eigenvalue weighted by Gasteiger charge is -2.09. The van der Waals surface area contributed by atoms with Gasteiger partial charge in [-0.05, 0) is 53.6 Å². The van der Waals surface area contributed by atoms with Gasteiger partial charge in [-0.3, -0.25) is 4.72 Å². The maximum absolute atomic E-state index is 12.8. The van der Waals surface area contributed by atoms with E-state index in [1.807, 2.05) is 22.6 Å². The molecule has 1 N–H and O–H groups in total. The van der Waals surface area contributed by atoms with Crippen molar-refractivity contribution < 1.29 is 12.8 Å². The first kappa shape index (κ1) is 15.0. The second kappa shape index (κ2) is 6.75. The molecule has 0 amide bonds. The Balaban J connectivity index is 2.69. The monoisotopic (exact) mass is 391 g/mol. The van der Waals surface area contributed by atoms with E-state index in [-0.39, 0.29) is 11.6 Å². The fourth-order valence-electron chi connectivity index (χ4n) is 1.18. The summed E-state index contributed by atoms with van der Waals surface area (Å²) < 4.78 is 39.1. The van der Waals surface area contributed by atoms with E-state index < -0.39 is 10.0 Å². The van der Waals surface area contributed by atoms with Crippen LogP contribution in [0.2, 0.25) is 0 Å². The van der Waals surface area contributed by atoms with Crippen molar-refractivity contribution in [2.45, 2.75) is 12.8 Å². The number of anilines is 1. The van der Waals surface area contributed by atoms with Crippen molar-refractivity contribution in [3.05, 3.63) is 27.6 Å². The third-order valence-corrected chi connectivity index (χ3v) is 4.51. The average Bonchev–Trinajstić information content (AvgIpc) is 2.22. The molecule has 0 fully saturated rings. The molecule has 0 saturated carbocycles. The smallest absolute Gasteiger partial charge is 0.232 e. The summed E-state index contributed by atoms with van der Waals surface area (Å²) in [5, 5.41) is 0. The van der Waals surface area contributed by atoms with Gasteiger partial charge >= 0.3 is 0 Å². The lowest BCUT2D eigenvalue weighted by molar-refractivity contribution is 0.597. The molecule has 3 nitrogen and oxygen atoms in total. The van der Waals surface area contributed by atoms with Gasteiger partial charge in [0.2, 0.25) is 10.0 Å². The summed E-state index contributed by atoms with van der Waals surface area (Å²) in [4.78, 5) is 0. The van der Waals surface area contributed by atoms with Crippen molar-refractivity contribution in [1.82, 2.24) is 0 Å². The van der Waals surface area contributed by atoms with E-state index in [1.165, 1.54) is 18.2 Å². The van der Waals surface area contributed by atoms with Gasteiger partial charge < -0.3 is 0 Å². The summed E-state index contributed by atoms with van der Waals surface area (Å²) in [6.07, 6.45) is 1.17. The van der Waals surface area contributed by atoms with Crippen molar-refractivity contribution in [2.75, 3.05) is 16.4 Å². The molecule has 7 heteroatoms. The molecule has 0 atom stereocenters. The molecule has 0 aliphatic carbocycles. The van der Waals surface area contributed by atoms with Crippen LogP contribution in [0.5, 0.6) is 0 Å². The molecular formula is C10H12ClFINO2S. The Bertz CT molecular complexity index is 481. The molecule has 96 valence electrons. The van der Waals surface area contributed by atoms with Crippen molar-refractivity contribution in [2.24, 2.45) is 0 Å². The molecule has 17 heavy (non-hydrogen) atoms. The molecule has 0 saturated heterocycles. The molecule has 0 unspecified atom stereocenters. The Morgan fingerprint density at radius 3 is 2.65 bits per heavy atom. The van der Waals surface area contributed by atoms with Crippen molar-refractivity contribution in [1.29, 1.82) is 0 Å². The lowest BCUT2D eigenvalue weighted by Crippen LogP contribution is -2.17. The molecule has 0 heterocycles. The van der Waals surface area contributed by atoms with E-state index in [9.17, 15) is 12.8 Å². The zero-order chi connectivity index (χ0) is 12.9. The summed E-state index contributed by atoms with van der Waals surface area (Å²) in [6.45, 7) is 0. The molecule has 0 aromatic heterocycles. The number of rotatable bonds is 6. The Morgan fingerprint density at radius 1 is 1.35 bits per heavy atom. The number of hydrogen-bond acceptors (Lipinski definition) is 2. The second-order valence-electron chi connectivity index (χ2n) is 3.44. The molecule has 1 aromatic rings. The fraction of sp³-hybridized carbons (Fsp3) is 0.400. The molecule has 1 aromatic carbocycles. The second-order valence-corrected chi connectivity index (χ2v) is 6.82. The van der Waals surface area contributed by atoms with Crippen LogP contribution in [0.1, 0.15) is 12.8 Å². The minimum absolute atomic E-state index is 0.0210. The maximum Gasteiger partial charge on any atom is 0.232 e. The van der Waals surface area contributed by atoms with Crippen LogP contribution < -0.4 is 4.72 Å². The lowest BCUT2D eigenvalue weighted by atomic mass is 10.3. The third kappa shape index (κ3) is 5.39. The predicted molar refractivity (Wildman–Crippen MR) is 76.5 cm³/mol. The van der Waals surface area contributed by atoms with Crippen LogP contribution in [0.25, 0.3) is 0 Å². The van der Waals surface area contributed by atoms with Crippen LogP contribution in [0.4, 0.5) is 10.1 Å². The number of alkyl halides is 1. The van der Waals surface area contributed by atoms with Crippen LogP contribution in [-0.4, -0.2) is 20.1 Å². The Labute approximate surface area is 119 Å². The topological polar surface area (TPSA) is 46.2 Å². The molecule has 0 radical (unpaired) electrons. The first-order chi connectivity index (χ1) is 7.94. The Morgan fingerprint density at radius 2 is 2.06 bits per heavy atom. The highest BCUT2D eigenvalue weighted by Crippen LogP contribution is 2.20. The van der Waals surface area contributed by atoms with Gasteiger partial charge in [0.25, 0.3) is 0 Å². The Kier molecular flexibility index (Phi) is 5.94. The van der Waals surface area contributed by atoms with Crippen molar-refractivity contribution in [3.63, 3.8) is 0 Å². The highest BCUT2D eigenvalue weighted by molar-refractivity contribution is 14.1. The summed E-state index contributed by atoms with van der Waals surface area (Å²) in [5.41, 5.74) is 0.401. The van der Waals surface area contributed by atoms with Gasteiger partial charge in [-0.1, -0.05) is 0 Å². The fourth-order valence-corrected chi connectivity index (χ4v) is 3.36. The van der Waals surface area contributed by atoms with E-state index in [1.54, 1.807) is 0 Å². The minimum Gasteiger partial charge on any atom is -0.282 e. The van der Waals surface area contributed by atoms with E-state index in [2.05, 4.69) is 4.72 Å². The van der Waals surface area contributed by atoms with Crippen LogP contribution >= 0.6 is 34.2 Å². The van der Waals surface area contributed by atoms with Gasteiger partial charge in [-0.2, -0.15) is 0 Å². The van der Waals surface area contributed by atoms with E-state index in [0.29, 0.717) is 28.0 Å². The molecule has 1 rings (SSSR count). The van der Waals surface area contributed by atoms with Gasteiger partial charge in [0.05, 0.1) is 11.4 Å². The van der Waals surface area contributed by atoms with E-state index in [4.69, 9.17) is 11.6 Å². The molecule has 0 aliphatic heterocycles. The van der Waals surface area contributed by atoms with Crippen molar-refractivity contribution >= 4 is 49.9 Å². The highest BCUT2D eigenvalue weighted by atomic mass is 127. The van der Waals surface area contributed by atoms with Gasteiger partial charge in [-0.25, -0.2) is 12.8 Å². The number of unbranched alkanes of at least 4 members (excludes halogenated alkanes) is 1. The highest BCUT2D eigenvalue weighted by Gasteiger charge is 2.12. The molecule has 0 aliphatic rings. The number of sulfonamides is 1. The summed E-state index contributed by atoms with van der Waals surface area (Å²) in [6, 6.07) is 3.91. The summed E-state index contributed by atoms with van der Waals surface area (Å²) >= 11 is 7.36. The molecule has 0 spiro atoms. The largest absolute Gasteiger partial charge is 0.282 e. The third-order valence-electron chi connectivity index (χ3n) is 1.99. The number of halogens is 3. The van der Waals surface area contributed by atoms with Crippen molar-refractivity contribution in [3.8, 4) is 0 Å². The molecular weight excluding hydrogens is 380 g/mol. The van der Waals surface area contributed by atoms with Crippen LogP contribution in [0, 0.1) is 9.39 Å². The predicted octanol–water partition coefficient (Wildman–Crippen LogP) is 3.19. The number of hydrogen-bond donors (Lipinski definition) is 1. The number of benzene rings is 1. The zero-order valence-corrected chi connectivity index (χ0v) is 12.6. The SMILES string of the molecule is O=S(=O)(CCCCCl)Nc1ccc(F)cc1I. The first-order valence-corrected chi connectivity index (χ1v) is 8.22. The van der Waals surface area contributed by atoms with Crippen LogP contribution in [-0.2, 0) is 10.0 Å². The molecule has 0 bridgehead atoms. The maximum atomic E-state index is 12.8. The van der Waals surface area contributed by atoms with Gasteiger partial charge in [-0.15, -0.1) is 11.6 Å². The van der Waals surface area contributed by atoms with Gasteiger partial charge in [0.1, 0.15) is 5.82 Å². The van der Waals surface area contributed by atoms with Crippen LogP contribution in [0.3, 0.4) is 0 Å². The van der Waals surface area contributed by atoms with E-state index >= 15 is 0 Å². The van der Waals surface area contributed by atoms with Gasteiger partial charge in [0.15, 0.2) is 0 Å². The number of nitrogens with one attached hydrogen (secondary N) is 1. The van der Waals surface area contributed by atoms with Gasteiger partial charge in [0, 0.05) is 9.45 Å². The van der Waals surface area contributed by atoms with Crippen LogP contribution in [0.15, 0.2) is 18.2 Å². The average molecular weight is 392 g/mol. The minimum atomic E-state index is -3.38. The summed E-state index contributed by atoms with van der Waals surface area (Å²) in [5.74, 6) is 0.0797. The normalized spacial score (nSPS) is 11.5. The first-order valence-electron chi connectivity index (χ1n) is 4.96. The Hall–Kier alpha value is -0.0800.